The van der Waals surface area contributed by atoms with Gasteiger partial charge in [-0.3, -0.25) is 9.59 Å². The van der Waals surface area contributed by atoms with E-state index in [-0.39, 0.29) is 36.7 Å². The molecule has 1 aromatic carbocycles. The SMILES string of the molecule is CC(=O)CCC(=O)N1CCC(NC(=O)COc2ccc(C)cc2C)CC1. The number of ether oxygens (including phenoxy) is 1. The first-order chi connectivity index (χ1) is 12.3. The number of piperidine rings is 1. The Morgan fingerprint density at radius 3 is 2.46 bits per heavy atom. The predicted molar refractivity (Wildman–Crippen MR) is 99.1 cm³/mol. The van der Waals surface area contributed by atoms with Crippen molar-refractivity contribution in [3.8, 4) is 5.75 Å². The fourth-order valence-corrected chi connectivity index (χ4v) is 3.09. The van der Waals surface area contributed by atoms with Gasteiger partial charge in [-0.1, -0.05) is 17.7 Å². The number of carbonyl (C=O) groups is 3. The van der Waals surface area contributed by atoms with Gasteiger partial charge in [0.05, 0.1) is 0 Å². The van der Waals surface area contributed by atoms with E-state index in [1.807, 2.05) is 32.0 Å². The van der Waals surface area contributed by atoms with Crippen LogP contribution >= 0.6 is 0 Å². The maximum Gasteiger partial charge on any atom is 0.258 e. The van der Waals surface area contributed by atoms with Gasteiger partial charge >= 0.3 is 0 Å². The molecule has 0 aliphatic carbocycles. The summed E-state index contributed by atoms with van der Waals surface area (Å²) in [6.07, 6.45) is 2.02. The van der Waals surface area contributed by atoms with Crippen molar-refractivity contribution >= 4 is 17.6 Å². The van der Waals surface area contributed by atoms with Gasteiger partial charge in [0.1, 0.15) is 11.5 Å². The zero-order valence-electron chi connectivity index (χ0n) is 15.8. The molecule has 0 spiro atoms. The summed E-state index contributed by atoms with van der Waals surface area (Å²) >= 11 is 0. The Balaban J connectivity index is 1.70. The van der Waals surface area contributed by atoms with Crippen molar-refractivity contribution in [1.29, 1.82) is 0 Å². The number of hydrogen-bond donors (Lipinski definition) is 1. The number of nitrogens with one attached hydrogen (secondary N) is 1. The third kappa shape index (κ3) is 6.17. The molecule has 0 aromatic heterocycles. The van der Waals surface area contributed by atoms with Gasteiger partial charge in [-0.2, -0.15) is 0 Å². The van der Waals surface area contributed by atoms with Crippen molar-refractivity contribution in [2.45, 2.75) is 52.5 Å². The molecule has 6 nitrogen and oxygen atoms in total. The van der Waals surface area contributed by atoms with Crippen molar-refractivity contribution in [3.05, 3.63) is 29.3 Å². The Morgan fingerprint density at radius 2 is 1.85 bits per heavy atom. The summed E-state index contributed by atoms with van der Waals surface area (Å²) in [5.41, 5.74) is 2.17. The van der Waals surface area contributed by atoms with E-state index in [0.717, 1.165) is 29.7 Å². The molecule has 6 heteroatoms. The molecule has 0 radical (unpaired) electrons. The van der Waals surface area contributed by atoms with E-state index in [0.29, 0.717) is 19.5 Å². The fraction of sp³-hybridized carbons (Fsp3) is 0.550. The molecule has 1 heterocycles. The summed E-state index contributed by atoms with van der Waals surface area (Å²) in [5, 5.41) is 2.97. The van der Waals surface area contributed by atoms with Crippen molar-refractivity contribution in [2.24, 2.45) is 0 Å². The van der Waals surface area contributed by atoms with Crippen molar-refractivity contribution in [2.75, 3.05) is 19.7 Å². The molecule has 0 unspecified atom stereocenters. The van der Waals surface area contributed by atoms with Gasteiger partial charge in [0.25, 0.3) is 5.91 Å². The van der Waals surface area contributed by atoms with E-state index >= 15 is 0 Å². The first kappa shape index (κ1) is 19.9. The van der Waals surface area contributed by atoms with Crippen LogP contribution < -0.4 is 10.1 Å². The zero-order valence-corrected chi connectivity index (χ0v) is 15.8. The Morgan fingerprint density at radius 1 is 1.15 bits per heavy atom. The molecule has 1 N–H and O–H groups in total. The molecule has 0 atom stereocenters. The standard InChI is InChI=1S/C20H28N2O4/c1-14-4-6-18(15(2)12-14)26-13-19(24)21-17-8-10-22(11-9-17)20(25)7-5-16(3)23/h4,6,12,17H,5,7-11,13H2,1-3H3,(H,21,24). The normalized spacial score (nSPS) is 14.8. The summed E-state index contributed by atoms with van der Waals surface area (Å²) in [6.45, 7) is 6.68. The average Bonchev–Trinajstić information content (AvgIpc) is 2.59. The van der Waals surface area contributed by atoms with Crippen LogP contribution in [0, 0.1) is 13.8 Å². The van der Waals surface area contributed by atoms with Gasteiger partial charge in [-0.25, -0.2) is 0 Å². The van der Waals surface area contributed by atoms with Crippen molar-refractivity contribution in [1.82, 2.24) is 10.2 Å². The minimum atomic E-state index is -0.147. The number of hydrogen-bond acceptors (Lipinski definition) is 4. The molecule has 142 valence electrons. The topological polar surface area (TPSA) is 75.7 Å². The Hall–Kier alpha value is -2.37. The van der Waals surface area contributed by atoms with Gasteiger partial charge in [-0.15, -0.1) is 0 Å². The second-order valence-corrected chi connectivity index (χ2v) is 6.98. The second-order valence-electron chi connectivity index (χ2n) is 6.98. The third-order valence-electron chi connectivity index (χ3n) is 4.59. The smallest absolute Gasteiger partial charge is 0.258 e. The van der Waals surface area contributed by atoms with Crippen LogP contribution in [0.15, 0.2) is 18.2 Å². The number of likely N-dealkylation sites (tertiary alicyclic amines) is 1. The maximum atomic E-state index is 12.1. The summed E-state index contributed by atoms with van der Waals surface area (Å²) in [7, 11) is 0. The molecular formula is C20H28N2O4. The van der Waals surface area contributed by atoms with Crippen LogP contribution in [-0.2, 0) is 14.4 Å². The Labute approximate surface area is 154 Å². The van der Waals surface area contributed by atoms with Crippen LogP contribution in [0.1, 0.15) is 43.7 Å². The molecule has 0 bridgehead atoms. The minimum Gasteiger partial charge on any atom is -0.484 e. The van der Waals surface area contributed by atoms with Crippen LogP contribution in [0.3, 0.4) is 0 Å². The lowest BCUT2D eigenvalue weighted by molar-refractivity contribution is -0.134. The highest BCUT2D eigenvalue weighted by atomic mass is 16.5. The highest BCUT2D eigenvalue weighted by Gasteiger charge is 2.23. The number of benzene rings is 1. The second kappa shape index (κ2) is 9.36. The Bertz CT molecular complexity index is 664. The Kier molecular flexibility index (Phi) is 7.18. The molecular weight excluding hydrogens is 332 g/mol. The van der Waals surface area contributed by atoms with E-state index in [2.05, 4.69) is 5.32 Å². The number of carbonyl (C=O) groups excluding carboxylic acids is 3. The third-order valence-corrected chi connectivity index (χ3v) is 4.59. The van der Waals surface area contributed by atoms with Gasteiger partial charge in [-0.05, 0) is 45.2 Å². The van der Waals surface area contributed by atoms with Gasteiger partial charge in [0.2, 0.25) is 5.91 Å². The zero-order chi connectivity index (χ0) is 19.1. The van der Waals surface area contributed by atoms with Crippen LogP contribution in [0.5, 0.6) is 5.75 Å². The number of ketones is 1. The summed E-state index contributed by atoms with van der Waals surface area (Å²) in [6, 6.07) is 5.91. The van der Waals surface area contributed by atoms with Gasteiger partial charge < -0.3 is 19.7 Å². The highest BCUT2D eigenvalue weighted by Crippen LogP contribution is 2.18. The molecule has 0 saturated carbocycles. The van der Waals surface area contributed by atoms with Crippen LogP contribution in [0.2, 0.25) is 0 Å². The van der Waals surface area contributed by atoms with Gasteiger partial charge in [0.15, 0.2) is 6.61 Å². The molecule has 2 rings (SSSR count). The maximum absolute atomic E-state index is 12.1. The first-order valence-corrected chi connectivity index (χ1v) is 9.12. The largest absolute Gasteiger partial charge is 0.484 e. The quantitative estimate of drug-likeness (QED) is 0.808. The lowest BCUT2D eigenvalue weighted by atomic mass is 10.0. The van der Waals surface area contributed by atoms with E-state index in [1.165, 1.54) is 6.92 Å². The summed E-state index contributed by atoms with van der Waals surface area (Å²) in [5.74, 6) is 0.621. The van der Waals surface area contributed by atoms with Crippen LogP contribution in [0.25, 0.3) is 0 Å². The lowest BCUT2D eigenvalue weighted by Gasteiger charge is -2.32. The summed E-state index contributed by atoms with van der Waals surface area (Å²) in [4.78, 5) is 36.9. The number of Topliss-reactive ketones (excluding diaryl/α,β-unsaturated/α-hetero) is 1. The van der Waals surface area contributed by atoms with E-state index in [1.54, 1.807) is 4.90 Å². The first-order valence-electron chi connectivity index (χ1n) is 9.12. The summed E-state index contributed by atoms with van der Waals surface area (Å²) < 4.78 is 5.60. The lowest BCUT2D eigenvalue weighted by Crippen LogP contribution is -2.47. The molecule has 1 aliphatic rings. The van der Waals surface area contributed by atoms with Crippen molar-refractivity contribution in [3.63, 3.8) is 0 Å². The molecule has 1 aliphatic heterocycles. The molecule has 1 aromatic rings. The molecule has 26 heavy (non-hydrogen) atoms. The van der Waals surface area contributed by atoms with E-state index < -0.39 is 0 Å². The molecule has 1 fully saturated rings. The minimum absolute atomic E-state index is 0.0122. The highest BCUT2D eigenvalue weighted by molar-refractivity contribution is 5.83. The van der Waals surface area contributed by atoms with Crippen molar-refractivity contribution < 1.29 is 19.1 Å². The number of rotatable bonds is 7. The predicted octanol–water partition coefficient (Wildman–Crippen LogP) is 2.16. The number of aryl methyl sites for hydroxylation is 2. The van der Waals surface area contributed by atoms with Gasteiger partial charge in [0, 0.05) is 32.0 Å². The molecule has 1 saturated heterocycles. The average molecular weight is 360 g/mol. The van der Waals surface area contributed by atoms with Crippen LogP contribution in [-0.4, -0.2) is 48.2 Å². The van der Waals surface area contributed by atoms with Crippen LogP contribution in [0.4, 0.5) is 0 Å². The van der Waals surface area contributed by atoms with E-state index in [9.17, 15) is 14.4 Å². The number of nitrogens with zero attached hydrogens (tertiary/aromatic N) is 1. The van der Waals surface area contributed by atoms with E-state index in [4.69, 9.17) is 4.74 Å². The monoisotopic (exact) mass is 360 g/mol. The molecule has 2 amide bonds. The number of amides is 2. The fourth-order valence-electron chi connectivity index (χ4n) is 3.09.